The van der Waals surface area contributed by atoms with E-state index in [0.717, 1.165) is 19.3 Å². The quantitative estimate of drug-likeness (QED) is 0.244. The van der Waals surface area contributed by atoms with Crippen LogP contribution in [0.4, 0.5) is 0 Å². The number of unbranched alkanes of at least 4 members (excludes halogenated alkanes) is 9. The Labute approximate surface area is 148 Å². The third-order valence-electron chi connectivity index (χ3n) is 3.10. The maximum absolute atomic E-state index is 11.1. The van der Waals surface area contributed by atoms with Crippen LogP contribution in [0.3, 0.4) is 0 Å². The number of aliphatic hydroxyl groups excluding tert-OH is 1. The molecule has 0 aliphatic rings. The van der Waals surface area contributed by atoms with Crippen molar-refractivity contribution >= 4 is 10.4 Å². The van der Waals surface area contributed by atoms with Crippen LogP contribution in [0.5, 0.6) is 0 Å². The molecule has 0 aromatic heterocycles. The smallest absolute Gasteiger partial charge is 0.395 e. The first-order valence-corrected chi connectivity index (χ1v) is 10.4. The minimum absolute atomic E-state index is 0.0972. The Balaban J connectivity index is 0. The van der Waals surface area contributed by atoms with Crippen molar-refractivity contribution in [1.29, 1.82) is 0 Å². The maximum Gasteiger partial charge on any atom is 0.426 e. The molecule has 3 N–H and O–H groups in total. The van der Waals surface area contributed by atoms with E-state index in [-0.39, 0.29) is 19.8 Å². The highest BCUT2D eigenvalue weighted by atomic mass is 32.3. The monoisotopic (exact) mass is 371 g/mol. The SMILES string of the molecule is CCCCCCCCCCCCOS(=O)(=O)OOCC.NCCO. The average molecular weight is 372 g/mol. The van der Waals surface area contributed by atoms with Gasteiger partial charge in [0.2, 0.25) is 0 Å². The normalized spacial score (nSPS) is 11.2. The molecule has 0 saturated carbocycles. The summed E-state index contributed by atoms with van der Waals surface area (Å²) >= 11 is 0. The molecule has 0 unspecified atom stereocenters. The summed E-state index contributed by atoms with van der Waals surface area (Å²) in [7, 11) is -3.98. The van der Waals surface area contributed by atoms with Gasteiger partial charge in [0.1, 0.15) is 0 Å². The molecule has 24 heavy (non-hydrogen) atoms. The predicted molar refractivity (Wildman–Crippen MR) is 95.6 cm³/mol. The largest absolute Gasteiger partial charge is 0.426 e. The minimum Gasteiger partial charge on any atom is -0.395 e. The maximum atomic E-state index is 11.1. The average Bonchev–Trinajstić information content (AvgIpc) is 2.58. The van der Waals surface area contributed by atoms with E-state index in [0.29, 0.717) is 6.54 Å². The first kappa shape index (κ1) is 26.0. The van der Waals surface area contributed by atoms with E-state index in [1.54, 1.807) is 6.92 Å². The number of rotatable bonds is 16. The van der Waals surface area contributed by atoms with Crippen LogP contribution in [0.2, 0.25) is 0 Å². The number of nitrogens with two attached hydrogens (primary N) is 1. The zero-order valence-corrected chi connectivity index (χ0v) is 16.2. The van der Waals surface area contributed by atoms with Gasteiger partial charge >= 0.3 is 10.4 Å². The Kier molecular flexibility index (Phi) is 22.5. The highest BCUT2D eigenvalue weighted by Gasteiger charge is 2.12. The molecule has 0 rings (SSSR count). The van der Waals surface area contributed by atoms with Crippen LogP contribution in [-0.4, -0.2) is 39.9 Å². The zero-order chi connectivity index (χ0) is 18.5. The highest BCUT2D eigenvalue weighted by Crippen LogP contribution is 2.10. The Hall–Kier alpha value is -0.250. The number of hydrogen-bond donors (Lipinski definition) is 2. The van der Waals surface area contributed by atoms with E-state index in [1.165, 1.54) is 44.9 Å². The molecular weight excluding hydrogens is 334 g/mol. The van der Waals surface area contributed by atoms with E-state index in [1.807, 2.05) is 0 Å². The molecule has 0 amide bonds. The van der Waals surface area contributed by atoms with Crippen molar-refractivity contribution < 1.29 is 26.9 Å². The van der Waals surface area contributed by atoms with Gasteiger partial charge in [0.05, 0.1) is 19.8 Å². The van der Waals surface area contributed by atoms with Crippen molar-refractivity contribution in [3.8, 4) is 0 Å². The molecule has 0 fully saturated rings. The molecule has 0 spiro atoms. The van der Waals surface area contributed by atoms with Gasteiger partial charge in [0, 0.05) is 6.54 Å². The molecule has 148 valence electrons. The van der Waals surface area contributed by atoms with Gasteiger partial charge in [-0.15, -0.1) is 0 Å². The molecule has 0 aliphatic heterocycles. The summed E-state index contributed by atoms with van der Waals surface area (Å²) < 4.78 is 30.9. The van der Waals surface area contributed by atoms with Gasteiger partial charge in [-0.3, -0.25) is 0 Å². The second-order valence-corrected chi connectivity index (χ2v) is 6.59. The fourth-order valence-corrected chi connectivity index (χ4v) is 2.45. The molecule has 0 bridgehead atoms. The molecule has 0 aromatic rings. The van der Waals surface area contributed by atoms with Crippen molar-refractivity contribution in [2.45, 2.75) is 78.1 Å². The van der Waals surface area contributed by atoms with Gasteiger partial charge in [0.15, 0.2) is 0 Å². The second-order valence-electron chi connectivity index (χ2n) is 5.40. The Bertz CT molecular complexity index is 323. The molecule has 8 heteroatoms. The Morgan fingerprint density at radius 3 is 1.75 bits per heavy atom. The molecule has 0 heterocycles. The van der Waals surface area contributed by atoms with Gasteiger partial charge in [0.25, 0.3) is 0 Å². The first-order chi connectivity index (χ1) is 11.5. The number of aliphatic hydroxyl groups is 1. The van der Waals surface area contributed by atoms with Gasteiger partial charge in [-0.2, -0.15) is 8.42 Å². The standard InChI is InChI=1S/C14H30O5S.C2H7NO/c1-3-5-6-7-8-9-10-11-12-13-14-18-20(15,16)19-17-4-2;3-1-2-4/h3-14H2,1-2H3;4H,1-3H2. The lowest BCUT2D eigenvalue weighted by molar-refractivity contribution is -0.205. The lowest BCUT2D eigenvalue weighted by atomic mass is 10.1. The second kappa shape index (κ2) is 20.8. The topological polar surface area (TPSA) is 108 Å². The highest BCUT2D eigenvalue weighted by molar-refractivity contribution is 7.81. The first-order valence-electron chi connectivity index (χ1n) is 9.05. The Morgan fingerprint density at radius 2 is 1.33 bits per heavy atom. The number of hydrogen-bond acceptors (Lipinski definition) is 7. The van der Waals surface area contributed by atoms with Crippen LogP contribution in [0.25, 0.3) is 0 Å². The van der Waals surface area contributed by atoms with Crippen molar-refractivity contribution in [2.75, 3.05) is 26.4 Å². The van der Waals surface area contributed by atoms with Crippen molar-refractivity contribution in [1.82, 2.24) is 0 Å². The van der Waals surface area contributed by atoms with Crippen LogP contribution < -0.4 is 5.73 Å². The predicted octanol–water partition coefficient (Wildman–Crippen LogP) is 3.07. The van der Waals surface area contributed by atoms with Gasteiger partial charge in [-0.05, 0) is 13.3 Å². The molecule has 0 aromatic carbocycles. The minimum atomic E-state index is -3.98. The lowest BCUT2D eigenvalue weighted by Crippen LogP contribution is -2.11. The van der Waals surface area contributed by atoms with E-state index in [9.17, 15) is 8.42 Å². The molecule has 7 nitrogen and oxygen atoms in total. The summed E-state index contributed by atoms with van der Waals surface area (Å²) in [6, 6.07) is 0. The summed E-state index contributed by atoms with van der Waals surface area (Å²) in [4.78, 5) is 4.34. The van der Waals surface area contributed by atoms with Gasteiger partial charge in [-0.1, -0.05) is 69.0 Å². The van der Waals surface area contributed by atoms with Gasteiger partial charge < -0.3 is 10.8 Å². The lowest BCUT2D eigenvalue weighted by Gasteiger charge is -2.04. The third kappa shape index (κ3) is 24.0. The molecule has 0 saturated heterocycles. The third-order valence-corrected chi connectivity index (χ3v) is 3.82. The van der Waals surface area contributed by atoms with E-state index >= 15 is 0 Å². The van der Waals surface area contributed by atoms with Crippen LogP contribution >= 0.6 is 0 Å². The van der Waals surface area contributed by atoms with Crippen molar-refractivity contribution in [3.05, 3.63) is 0 Å². The van der Waals surface area contributed by atoms with Crippen LogP contribution in [0.1, 0.15) is 78.1 Å². The summed E-state index contributed by atoms with van der Waals surface area (Å²) in [6.07, 6.45) is 12.0. The van der Waals surface area contributed by atoms with Crippen LogP contribution in [0.15, 0.2) is 0 Å². The molecule has 0 aliphatic carbocycles. The fraction of sp³-hybridized carbons (Fsp3) is 1.00. The molecule has 0 radical (unpaired) electrons. The fourth-order valence-electron chi connectivity index (χ4n) is 1.88. The molecular formula is C16H37NO6S. The van der Waals surface area contributed by atoms with E-state index in [2.05, 4.69) is 20.3 Å². The summed E-state index contributed by atoms with van der Waals surface area (Å²) in [5.74, 6) is 0. The van der Waals surface area contributed by atoms with Crippen LogP contribution in [0, 0.1) is 0 Å². The summed E-state index contributed by atoms with van der Waals surface area (Å²) in [5, 5.41) is 7.75. The zero-order valence-electron chi connectivity index (χ0n) is 15.4. The Morgan fingerprint density at radius 1 is 0.875 bits per heavy atom. The van der Waals surface area contributed by atoms with Crippen molar-refractivity contribution in [2.24, 2.45) is 5.73 Å². The van der Waals surface area contributed by atoms with Gasteiger partial charge in [-0.25, -0.2) is 9.07 Å². The molecule has 0 atom stereocenters. The summed E-state index contributed by atoms with van der Waals surface area (Å²) in [6.45, 7) is 4.66. The summed E-state index contributed by atoms with van der Waals surface area (Å²) in [5.41, 5.74) is 4.78. The van der Waals surface area contributed by atoms with Crippen molar-refractivity contribution in [3.63, 3.8) is 0 Å². The van der Waals surface area contributed by atoms with E-state index in [4.69, 9.17) is 10.8 Å². The van der Waals surface area contributed by atoms with E-state index < -0.39 is 10.4 Å². The van der Waals surface area contributed by atoms with Crippen LogP contribution in [-0.2, 0) is 23.8 Å².